The summed E-state index contributed by atoms with van der Waals surface area (Å²) < 4.78 is 7.41. The Hall–Kier alpha value is -2.43. The molecule has 0 bridgehead atoms. The molecule has 172 valence electrons. The van der Waals surface area contributed by atoms with Gasteiger partial charge in [-0.2, -0.15) is 5.10 Å². The van der Waals surface area contributed by atoms with Crippen molar-refractivity contribution >= 4 is 32.5 Å². The van der Waals surface area contributed by atoms with Crippen LogP contribution in [0.4, 0.5) is 0 Å². The minimum absolute atomic E-state index is 0.00768. The maximum atomic E-state index is 9.64. The molecule has 33 heavy (non-hydrogen) atoms. The number of nitrogens with one attached hydrogen (secondary N) is 1. The lowest BCUT2D eigenvalue weighted by Gasteiger charge is -2.45. The van der Waals surface area contributed by atoms with Crippen LogP contribution >= 0.6 is 11.3 Å². The van der Waals surface area contributed by atoms with Gasteiger partial charge in [0.15, 0.2) is 0 Å². The van der Waals surface area contributed by atoms with Crippen molar-refractivity contribution in [3.05, 3.63) is 53.4 Å². The highest BCUT2D eigenvalue weighted by Crippen LogP contribution is 2.39. The lowest BCUT2D eigenvalue weighted by atomic mass is 9.97. The van der Waals surface area contributed by atoms with E-state index in [0.29, 0.717) is 12.5 Å². The molecule has 0 amide bonds. The third-order valence-corrected chi connectivity index (χ3v) is 8.13. The smallest absolute Gasteiger partial charge is 0.116 e. The van der Waals surface area contributed by atoms with Crippen LogP contribution in [-0.4, -0.2) is 74.5 Å². The second kappa shape index (κ2) is 9.08. The number of hydrogen-bond acceptors (Lipinski definition) is 8. The van der Waals surface area contributed by atoms with E-state index in [0.717, 1.165) is 60.1 Å². The van der Waals surface area contributed by atoms with Crippen LogP contribution in [0.5, 0.6) is 0 Å². The minimum Gasteiger partial charge on any atom is -0.396 e. The Morgan fingerprint density at radius 2 is 2.09 bits per heavy atom. The summed E-state index contributed by atoms with van der Waals surface area (Å²) in [7, 11) is 0. The van der Waals surface area contributed by atoms with Crippen LogP contribution in [0.2, 0.25) is 0 Å². The number of aliphatic hydroxyl groups excluding tert-OH is 1. The average Bonchev–Trinajstić information content (AvgIpc) is 3.52. The summed E-state index contributed by atoms with van der Waals surface area (Å²) in [5.74, 6) is 0.409. The quantitative estimate of drug-likeness (QED) is 0.468. The number of morpholine rings is 1. The van der Waals surface area contributed by atoms with E-state index in [-0.39, 0.29) is 18.9 Å². The number of H-pyrrole nitrogens is 1. The first-order valence-corrected chi connectivity index (χ1v) is 12.4. The van der Waals surface area contributed by atoms with Crippen molar-refractivity contribution in [2.24, 2.45) is 5.92 Å². The number of hydrogen-bond donors (Lipinski definition) is 2. The first-order valence-electron chi connectivity index (χ1n) is 11.6. The summed E-state index contributed by atoms with van der Waals surface area (Å²) in [6.45, 7) is 4.63. The van der Waals surface area contributed by atoms with Gasteiger partial charge in [0.05, 0.1) is 40.8 Å². The van der Waals surface area contributed by atoms with Gasteiger partial charge in [0.1, 0.15) is 6.33 Å². The SMILES string of the molecule is OCC1CCN(C(c2cc3ncncc3s2)N2CCOC(c3cccc4[nH]ncc34)C2)CC1. The number of ether oxygens (including phenoxy) is 1. The second-order valence-electron chi connectivity index (χ2n) is 8.99. The van der Waals surface area contributed by atoms with Crippen LogP contribution in [0.3, 0.4) is 0 Å². The Balaban J connectivity index is 1.33. The van der Waals surface area contributed by atoms with E-state index in [9.17, 15) is 5.11 Å². The Morgan fingerprint density at radius 1 is 1.18 bits per heavy atom. The zero-order valence-electron chi connectivity index (χ0n) is 18.4. The lowest BCUT2D eigenvalue weighted by molar-refractivity contribution is -0.0828. The molecule has 3 aromatic heterocycles. The molecule has 2 unspecified atom stereocenters. The molecule has 2 atom stereocenters. The number of thiophene rings is 1. The van der Waals surface area contributed by atoms with Gasteiger partial charge in [0, 0.05) is 49.2 Å². The molecule has 4 aromatic rings. The molecule has 1 aromatic carbocycles. The first kappa shape index (κ1) is 21.1. The Bertz CT molecular complexity index is 1200. The molecule has 5 heterocycles. The fraction of sp³-hybridized carbons (Fsp3) is 0.458. The summed E-state index contributed by atoms with van der Waals surface area (Å²) in [5, 5.41) is 18.1. The monoisotopic (exact) mass is 464 g/mol. The van der Waals surface area contributed by atoms with Crippen molar-refractivity contribution in [2.75, 3.05) is 39.4 Å². The molecular formula is C24H28N6O2S. The molecular weight excluding hydrogens is 436 g/mol. The van der Waals surface area contributed by atoms with Crippen LogP contribution in [0.1, 0.15) is 35.6 Å². The zero-order chi connectivity index (χ0) is 22.2. The van der Waals surface area contributed by atoms with Gasteiger partial charge in [-0.25, -0.2) is 9.97 Å². The third kappa shape index (κ3) is 4.04. The average molecular weight is 465 g/mol. The van der Waals surface area contributed by atoms with E-state index in [2.05, 4.69) is 54.2 Å². The molecule has 0 aliphatic carbocycles. The van der Waals surface area contributed by atoms with Gasteiger partial charge >= 0.3 is 0 Å². The highest BCUT2D eigenvalue weighted by Gasteiger charge is 2.35. The van der Waals surface area contributed by atoms with Crippen LogP contribution in [0.25, 0.3) is 21.1 Å². The second-order valence-corrected chi connectivity index (χ2v) is 10.1. The number of benzene rings is 1. The molecule has 2 aliphatic rings. The Morgan fingerprint density at radius 3 is 2.94 bits per heavy atom. The summed E-state index contributed by atoms with van der Waals surface area (Å²) in [6.07, 6.45) is 7.64. The van der Waals surface area contributed by atoms with Gasteiger partial charge in [-0.3, -0.25) is 14.9 Å². The largest absolute Gasteiger partial charge is 0.396 e. The summed E-state index contributed by atoms with van der Waals surface area (Å²) in [4.78, 5) is 15.1. The topological polar surface area (TPSA) is 90.4 Å². The van der Waals surface area contributed by atoms with Crippen molar-refractivity contribution in [3.8, 4) is 0 Å². The van der Waals surface area contributed by atoms with Crippen molar-refractivity contribution in [1.29, 1.82) is 0 Å². The Labute approximate surface area is 196 Å². The minimum atomic E-state index is -0.00768. The molecule has 9 heteroatoms. The first-order chi connectivity index (χ1) is 16.3. The van der Waals surface area contributed by atoms with E-state index < -0.39 is 0 Å². The lowest BCUT2D eigenvalue weighted by Crippen LogP contribution is -2.49. The molecule has 2 aliphatic heterocycles. The van der Waals surface area contributed by atoms with Crippen LogP contribution < -0.4 is 0 Å². The van der Waals surface area contributed by atoms with E-state index in [4.69, 9.17) is 4.74 Å². The molecule has 0 saturated carbocycles. The number of aliphatic hydroxyl groups is 1. The van der Waals surface area contributed by atoms with Gasteiger partial charge in [0.2, 0.25) is 0 Å². The molecule has 8 nitrogen and oxygen atoms in total. The molecule has 2 fully saturated rings. The Kier molecular flexibility index (Phi) is 5.81. The van der Waals surface area contributed by atoms with Gasteiger partial charge < -0.3 is 9.84 Å². The van der Waals surface area contributed by atoms with Crippen LogP contribution in [-0.2, 0) is 4.74 Å². The van der Waals surface area contributed by atoms with Gasteiger partial charge in [-0.1, -0.05) is 12.1 Å². The summed E-state index contributed by atoms with van der Waals surface area (Å²) in [5.41, 5.74) is 3.23. The van der Waals surface area contributed by atoms with Gasteiger partial charge in [-0.05, 0) is 36.5 Å². The number of fused-ring (bicyclic) bond motifs is 2. The van der Waals surface area contributed by atoms with Crippen molar-refractivity contribution in [1.82, 2.24) is 30.0 Å². The van der Waals surface area contributed by atoms with Crippen molar-refractivity contribution in [3.63, 3.8) is 0 Å². The van der Waals surface area contributed by atoms with Gasteiger partial charge in [-0.15, -0.1) is 11.3 Å². The predicted molar refractivity (Wildman–Crippen MR) is 128 cm³/mol. The normalized spacial score (nSPS) is 22.3. The summed E-state index contributed by atoms with van der Waals surface area (Å²) >= 11 is 1.79. The number of likely N-dealkylation sites (tertiary alicyclic amines) is 1. The predicted octanol–water partition coefficient (Wildman–Crippen LogP) is 3.34. The number of rotatable bonds is 5. The number of piperidine rings is 1. The van der Waals surface area contributed by atoms with Gasteiger partial charge in [0.25, 0.3) is 0 Å². The standard InChI is InChI=1S/C24H28N6O2S/c31-14-16-4-6-29(7-5-16)24(22-10-20-23(33-22)12-25-15-26-20)30-8-9-32-21(13-30)17-2-1-3-19-18(17)11-27-28-19/h1-3,10-12,15-16,21,24,31H,4-9,13-14H2,(H,27,28). The maximum absolute atomic E-state index is 9.64. The highest BCUT2D eigenvalue weighted by atomic mass is 32.1. The molecule has 2 N–H and O–H groups in total. The molecule has 6 rings (SSSR count). The zero-order valence-corrected chi connectivity index (χ0v) is 19.2. The van der Waals surface area contributed by atoms with E-state index in [1.807, 2.05) is 12.4 Å². The fourth-order valence-corrected chi connectivity index (χ4v) is 6.41. The van der Waals surface area contributed by atoms with Crippen molar-refractivity contribution < 1.29 is 9.84 Å². The number of aromatic nitrogens is 4. The molecule has 2 saturated heterocycles. The number of nitrogens with zero attached hydrogens (tertiary/aromatic N) is 5. The van der Waals surface area contributed by atoms with E-state index in [1.165, 1.54) is 10.4 Å². The molecule has 0 radical (unpaired) electrons. The van der Waals surface area contributed by atoms with Crippen LogP contribution in [0, 0.1) is 5.92 Å². The van der Waals surface area contributed by atoms with Crippen molar-refractivity contribution in [2.45, 2.75) is 25.1 Å². The van der Waals surface area contributed by atoms with E-state index in [1.54, 1.807) is 17.7 Å². The van der Waals surface area contributed by atoms with E-state index >= 15 is 0 Å². The highest BCUT2D eigenvalue weighted by molar-refractivity contribution is 7.19. The third-order valence-electron chi connectivity index (χ3n) is 7.03. The fourth-order valence-electron chi connectivity index (χ4n) is 5.25. The molecule has 0 spiro atoms. The maximum Gasteiger partial charge on any atom is 0.116 e. The number of aromatic amines is 1. The summed E-state index contributed by atoms with van der Waals surface area (Å²) in [6, 6.07) is 8.51. The van der Waals surface area contributed by atoms with Crippen LogP contribution in [0.15, 0.2) is 43.0 Å².